The summed E-state index contributed by atoms with van der Waals surface area (Å²) in [6.45, 7) is -0.360. The highest BCUT2D eigenvalue weighted by atomic mass is 35.5. The second-order valence-corrected chi connectivity index (χ2v) is 5.16. The predicted molar refractivity (Wildman–Crippen MR) is 61.3 cm³/mol. The van der Waals surface area contributed by atoms with Crippen LogP contribution in [-0.2, 0) is 16.6 Å². The molecule has 0 heterocycles. The number of hydrogen-bond donors (Lipinski definition) is 2. The molecule has 2 N–H and O–H groups in total. The molecule has 3 nitrogen and oxygen atoms in total. The molecule has 84 valence electrons. The van der Waals surface area contributed by atoms with E-state index in [1.165, 1.54) is 0 Å². The van der Waals surface area contributed by atoms with Crippen LogP contribution >= 0.6 is 11.6 Å². The molecule has 1 aromatic carbocycles. The lowest BCUT2D eigenvalue weighted by atomic mass is 10.2. The average Bonchev–Trinajstić information content (AvgIpc) is 2.17. The topological polar surface area (TPSA) is 57.5 Å². The van der Waals surface area contributed by atoms with Crippen molar-refractivity contribution in [1.82, 2.24) is 0 Å². The summed E-state index contributed by atoms with van der Waals surface area (Å²) in [4.78, 5) is 0. The Labute approximate surface area is 96.2 Å². The molecule has 1 aromatic rings. The lowest BCUT2D eigenvalue weighted by Gasteiger charge is -2.06. The molecule has 0 amide bonds. The standard InChI is InChI=1S/C10H13ClO3S/c11-9-3-1-2-8(4-9)6-15(14)7-10(13)5-12/h1-4,10,12-13H,5-7H2. The highest BCUT2D eigenvalue weighted by Gasteiger charge is 2.08. The summed E-state index contributed by atoms with van der Waals surface area (Å²) in [5, 5.41) is 18.3. The van der Waals surface area contributed by atoms with Gasteiger partial charge in [-0.3, -0.25) is 4.21 Å². The molecule has 0 spiro atoms. The number of rotatable bonds is 5. The van der Waals surface area contributed by atoms with Gasteiger partial charge in [0, 0.05) is 21.6 Å². The van der Waals surface area contributed by atoms with Crippen molar-refractivity contribution in [1.29, 1.82) is 0 Å². The number of halogens is 1. The zero-order valence-corrected chi connectivity index (χ0v) is 9.67. The maximum atomic E-state index is 11.5. The third-order valence-corrected chi connectivity index (χ3v) is 3.45. The summed E-state index contributed by atoms with van der Waals surface area (Å²) in [5.74, 6) is 0.431. The molecule has 2 atom stereocenters. The van der Waals surface area contributed by atoms with E-state index in [0.717, 1.165) is 5.56 Å². The van der Waals surface area contributed by atoms with Crippen molar-refractivity contribution < 1.29 is 14.4 Å². The zero-order chi connectivity index (χ0) is 11.3. The van der Waals surface area contributed by atoms with Gasteiger partial charge in [0.05, 0.1) is 18.5 Å². The molecular formula is C10H13ClO3S. The van der Waals surface area contributed by atoms with Gasteiger partial charge >= 0.3 is 0 Å². The van der Waals surface area contributed by atoms with Gasteiger partial charge in [0.2, 0.25) is 0 Å². The van der Waals surface area contributed by atoms with Crippen LogP contribution in [0.25, 0.3) is 0 Å². The summed E-state index contributed by atoms with van der Waals surface area (Å²) >= 11 is 5.77. The first kappa shape index (κ1) is 12.6. The molecule has 0 aliphatic carbocycles. The molecule has 1 rings (SSSR count). The van der Waals surface area contributed by atoms with E-state index in [1.807, 2.05) is 6.07 Å². The quantitative estimate of drug-likeness (QED) is 0.816. The Morgan fingerprint density at radius 1 is 1.47 bits per heavy atom. The van der Waals surface area contributed by atoms with Crippen LogP contribution in [0.5, 0.6) is 0 Å². The van der Waals surface area contributed by atoms with E-state index < -0.39 is 16.9 Å². The molecule has 2 unspecified atom stereocenters. The minimum atomic E-state index is -1.18. The molecule has 15 heavy (non-hydrogen) atoms. The van der Waals surface area contributed by atoms with Gasteiger partial charge in [-0.15, -0.1) is 0 Å². The van der Waals surface area contributed by atoms with Crippen LogP contribution in [0.15, 0.2) is 24.3 Å². The van der Waals surface area contributed by atoms with Crippen LogP contribution in [0.3, 0.4) is 0 Å². The maximum Gasteiger partial charge on any atom is 0.0885 e. The van der Waals surface area contributed by atoms with Gasteiger partial charge in [-0.1, -0.05) is 23.7 Å². The molecule has 0 saturated carbocycles. The second-order valence-electron chi connectivity index (χ2n) is 3.22. The van der Waals surface area contributed by atoms with Crippen LogP contribution in [0.4, 0.5) is 0 Å². The number of aliphatic hydroxyl groups is 2. The summed E-state index contributed by atoms with van der Waals surface area (Å²) in [6, 6.07) is 7.10. The Morgan fingerprint density at radius 2 is 2.20 bits per heavy atom. The van der Waals surface area contributed by atoms with Gasteiger partial charge in [-0.05, 0) is 17.7 Å². The smallest absolute Gasteiger partial charge is 0.0885 e. The largest absolute Gasteiger partial charge is 0.394 e. The van der Waals surface area contributed by atoms with Crippen LogP contribution in [-0.4, -0.2) is 32.9 Å². The van der Waals surface area contributed by atoms with Crippen molar-refractivity contribution in [2.45, 2.75) is 11.9 Å². The van der Waals surface area contributed by atoms with E-state index in [2.05, 4.69) is 0 Å². The van der Waals surface area contributed by atoms with Crippen molar-refractivity contribution >= 4 is 22.4 Å². The SMILES string of the molecule is O=S(Cc1cccc(Cl)c1)CC(O)CO. The molecule has 0 fully saturated rings. The van der Waals surface area contributed by atoms with Gasteiger partial charge in [-0.25, -0.2) is 0 Å². The van der Waals surface area contributed by atoms with Crippen molar-refractivity contribution in [2.24, 2.45) is 0 Å². The Bertz CT molecular complexity index is 343. The zero-order valence-electron chi connectivity index (χ0n) is 8.10. The summed E-state index contributed by atoms with van der Waals surface area (Å²) in [5.41, 5.74) is 0.867. The molecule has 0 aliphatic heterocycles. The highest BCUT2D eigenvalue weighted by molar-refractivity contribution is 7.84. The molecule has 0 aliphatic rings. The van der Waals surface area contributed by atoms with E-state index >= 15 is 0 Å². The van der Waals surface area contributed by atoms with Crippen molar-refractivity contribution in [3.8, 4) is 0 Å². The van der Waals surface area contributed by atoms with Gasteiger partial charge in [-0.2, -0.15) is 0 Å². The lowest BCUT2D eigenvalue weighted by Crippen LogP contribution is -2.21. The first-order valence-corrected chi connectivity index (χ1v) is 6.36. The Balaban J connectivity index is 2.51. The number of hydrogen-bond acceptors (Lipinski definition) is 3. The Morgan fingerprint density at radius 3 is 2.80 bits per heavy atom. The van der Waals surface area contributed by atoms with Crippen molar-refractivity contribution in [2.75, 3.05) is 12.4 Å². The third kappa shape index (κ3) is 4.75. The summed E-state index contributed by atoms with van der Waals surface area (Å²) < 4.78 is 11.5. The first-order valence-electron chi connectivity index (χ1n) is 4.50. The normalized spacial score (nSPS) is 14.9. The van der Waals surface area contributed by atoms with E-state index in [0.29, 0.717) is 10.8 Å². The molecule has 0 radical (unpaired) electrons. The van der Waals surface area contributed by atoms with Crippen molar-refractivity contribution in [3.05, 3.63) is 34.9 Å². The second kappa shape index (κ2) is 6.23. The minimum absolute atomic E-state index is 0.0863. The van der Waals surface area contributed by atoms with Crippen LogP contribution < -0.4 is 0 Å². The van der Waals surface area contributed by atoms with Crippen LogP contribution in [0.1, 0.15) is 5.56 Å². The van der Waals surface area contributed by atoms with Gasteiger partial charge in [0.25, 0.3) is 0 Å². The Kier molecular flexibility index (Phi) is 5.25. The Hall–Kier alpha value is -0.420. The van der Waals surface area contributed by atoms with Gasteiger partial charge < -0.3 is 10.2 Å². The lowest BCUT2D eigenvalue weighted by molar-refractivity contribution is 0.113. The highest BCUT2D eigenvalue weighted by Crippen LogP contribution is 2.12. The fourth-order valence-electron chi connectivity index (χ4n) is 1.14. The monoisotopic (exact) mass is 248 g/mol. The van der Waals surface area contributed by atoms with Crippen LogP contribution in [0, 0.1) is 0 Å². The first-order chi connectivity index (χ1) is 7.11. The molecular weight excluding hydrogens is 236 g/mol. The number of aliphatic hydroxyl groups excluding tert-OH is 2. The molecule has 0 bridgehead atoms. The molecule has 5 heteroatoms. The molecule has 0 aromatic heterocycles. The van der Waals surface area contributed by atoms with Gasteiger partial charge in [0.1, 0.15) is 0 Å². The van der Waals surface area contributed by atoms with E-state index in [1.54, 1.807) is 18.2 Å². The fourth-order valence-corrected chi connectivity index (χ4v) is 2.56. The predicted octanol–water partition coefficient (Wildman–Crippen LogP) is 0.942. The third-order valence-electron chi connectivity index (χ3n) is 1.81. The van der Waals surface area contributed by atoms with E-state index in [9.17, 15) is 4.21 Å². The maximum absolute atomic E-state index is 11.5. The van der Waals surface area contributed by atoms with E-state index in [-0.39, 0.29) is 12.4 Å². The van der Waals surface area contributed by atoms with Gasteiger partial charge in [0.15, 0.2) is 0 Å². The average molecular weight is 249 g/mol. The summed E-state index contributed by atoms with van der Waals surface area (Å²) in [6.07, 6.45) is -0.912. The summed E-state index contributed by atoms with van der Waals surface area (Å²) in [7, 11) is -1.18. The number of benzene rings is 1. The molecule has 0 saturated heterocycles. The minimum Gasteiger partial charge on any atom is -0.394 e. The van der Waals surface area contributed by atoms with Crippen molar-refractivity contribution in [3.63, 3.8) is 0 Å². The van der Waals surface area contributed by atoms with E-state index in [4.69, 9.17) is 21.8 Å². The van der Waals surface area contributed by atoms with Crippen LogP contribution in [0.2, 0.25) is 5.02 Å². The fraction of sp³-hybridized carbons (Fsp3) is 0.400.